The molecule has 0 aromatic carbocycles. The Morgan fingerprint density at radius 1 is 1.30 bits per heavy atom. The predicted molar refractivity (Wildman–Crippen MR) is 119 cm³/mol. The molecule has 0 saturated heterocycles. The minimum Gasteiger partial charge on any atom is -0.342 e. The third-order valence-electron chi connectivity index (χ3n) is 4.59. The van der Waals surface area contributed by atoms with Crippen LogP contribution in [-0.4, -0.2) is 43.1 Å². The van der Waals surface area contributed by atoms with E-state index < -0.39 is 6.04 Å². The second kappa shape index (κ2) is 9.25. The molecule has 0 saturated carbocycles. The highest BCUT2D eigenvalue weighted by atomic mass is 32.2. The molecule has 0 fully saturated rings. The van der Waals surface area contributed by atoms with Gasteiger partial charge in [-0.1, -0.05) is 20.8 Å². The number of H-pyrrole nitrogens is 2. The van der Waals surface area contributed by atoms with Gasteiger partial charge in [0.2, 0.25) is 0 Å². The number of aromatic nitrogens is 5. The molecule has 3 aromatic heterocycles. The highest BCUT2D eigenvalue weighted by Crippen LogP contribution is 2.22. The van der Waals surface area contributed by atoms with Gasteiger partial charge in [0.15, 0.2) is 0 Å². The number of pyridine rings is 1. The summed E-state index contributed by atoms with van der Waals surface area (Å²) in [5, 5.41) is 10.1. The van der Waals surface area contributed by atoms with Crippen LogP contribution in [0.5, 0.6) is 0 Å². The minimum atomic E-state index is -0.419. The summed E-state index contributed by atoms with van der Waals surface area (Å²) in [5.74, 6) is 0.914. The molecule has 1 amide bonds. The van der Waals surface area contributed by atoms with E-state index >= 15 is 0 Å². The molecule has 0 radical (unpaired) electrons. The van der Waals surface area contributed by atoms with Crippen molar-refractivity contribution < 1.29 is 4.79 Å². The number of aromatic amines is 2. The first-order valence-corrected chi connectivity index (χ1v) is 11.0. The molecule has 9 heteroatoms. The highest BCUT2D eigenvalue weighted by Gasteiger charge is 2.23. The van der Waals surface area contributed by atoms with Crippen molar-refractivity contribution >= 4 is 17.7 Å². The van der Waals surface area contributed by atoms with Crippen LogP contribution in [0.2, 0.25) is 0 Å². The van der Waals surface area contributed by atoms with Crippen molar-refractivity contribution in [3.05, 3.63) is 64.1 Å². The highest BCUT2D eigenvalue weighted by molar-refractivity contribution is 7.98. The lowest BCUT2D eigenvalue weighted by Gasteiger charge is -2.18. The summed E-state index contributed by atoms with van der Waals surface area (Å²) in [6.07, 6.45) is 5.92. The number of hydrogen-bond donors (Lipinski definition) is 3. The fourth-order valence-corrected chi connectivity index (χ4v) is 3.35. The Hall–Kier alpha value is -2.94. The number of hydrogen-bond acceptors (Lipinski definition) is 6. The maximum atomic E-state index is 12.8. The van der Waals surface area contributed by atoms with Gasteiger partial charge >= 0.3 is 0 Å². The van der Waals surface area contributed by atoms with Gasteiger partial charge in [-0.25, -0.2) is 4.98 Å². The maximum absolute atomic E-state index is 12.8. The normalized spacial score (nSPS) is 12.5. The molecular weight excluding hydrogens is 400 g/mol. The van der Waals surface area contributed by atoms with Crippen molar-refractivity contribution in [2.24, 2.45) is 0 Å². The van der Waals surface area contributed by atoms with Crippen LogP contribution in [0.4, 0.5) is 0 Å². The van der Waals surface area contributed by atoms with E-state index in [1.807, 2.05) is 33.1 Å². The first kappa shape index (κ1) is 21.8. The monoisotopic (exact) mass is 426 g/mol. The molecule has 3 heterocycles. The summed E-state index contributed by atoms with van der Waals surface area (Å²) >= 11 is 1.66. The molecule has 3 aromatic rings. The lowest BCUT2D eigenvalue weighted by molar-refractivity contribution is 0.0930. The fraction of sp³-hybridized carbons (Fsp3) is 0.381. The quantitative estimate of drug-likeness (QED) is 0.535. The fourth-order valence-electron chi connectivity index (χ4n) is 2.88. The first-order chi connectivity index (χ1) is 14.3. The van der Waals surface area contributed by atoms with Crippen LogP contribution in [0.3, 0.4) is 0 Å². The van der Waals surface area contributed by atoms with E-state index in [0.717, 1.165) is 11.4 Å². The van der Waals surface area contributed by atoms with Crippen LogP contribution >= 0.6 is 11.8 Å². The van der Waals surface area contributed by atoms with Gasteiger partial charge in [-0.2, -0.15) is 16.9 Å². The Labute approximate surface area is 179 Å². The summed E-state index contributed by atoms with van der Waals surface area (Å²) in [5.41, 5.74) is 1.97. The van der Waals surface area contributed by atoms with Crippen molar-refractivity contribution in [3.8, 4) is 11.4 Å². The van der Waals surface area contributed by atoms with Crippen LogP contribution in [-0.2, 0) is 5.41 Å². The van der Waals surface area contributed by atoms with Crippen molar-refractivity contribution in [1.29, 1.82) is 0 Å². The molecule has 8 nitrogen and oxygen atoms in total. The molecule has 0 aliphatic rings. The van der Waals surface area contributed by atoms with E-state index in [9.17, 15) is 9.59 Å². The van der Waals surface area contributed by atoms with Crippen molar-refractivity contribution in [2.45, 2.75) is 38.6 Å². The smallest absolute Gasteiger partial charge is 0.272 e. The Bertz CT molecular complexity index is 1060. The van der Waals surface area contributed by atoms with Gasteiger partial charge in [0.1, 0.15) is 11.5 Å². The van der Waals surface area contributed by atoms with Gasteiger partial charge < -0.3 is 10.3 Å². The van der Waals surface area contributed by atoms with Crippen LogP contribution < -0.4 is 10.9 Å². The third kappa shape index (κ3) is 5.35. The number of rotatable bonds is 7. The number of carbonyl (C=O) groups is 1. The molecule has 0 bridgehead atoms. The van der Waals surface area contributed by atoms with Gasteiger partial charge in [0.05, 0.1) is 11.7 Å². The summed E-state index contributed by atoms with van der Waals surface area (Å²) in [6.45, 7) is 6.14. The lowest BCUT2D eigenvalue weighted by atomic mass is 9.92. The minimum absolute atomic E-state index is 0.142. The van der Waals surface area contributed by atoms with Gasteiger partial charge in [-0.15, -0.1) is 0 Å². The van der Waals surface area contributed by atoms with Crippen LogP contribution in [0, 0.1) is 0 Å². The van der Waals surface area contributed by atoms with Crippen LogP contribution in [0.25, 0.3) is 11.4 Å². The second-order valence-electron chi connectivity index (χ2n) is 7.98. The summed E-state index contributed by atoms with van der Waals surface area (Å²) in [4.78, 5) is 36.5. The van der Waals surface area contributed by atoms with Crippen molar-refractivity contribution in [2.75, 3.05) is 12.0 Å². The van der Waals surface area contributed by atoms with Crippen LogP contribution in [0.15, 0.2) is 41.5 Å². The number of thioether (sulfide) groups is 1. The SMILES string of the molecule is CSCC[C@H](NC(=O)c1cc(C(C)(C)C)[nH]n1)c1cc(=O)[nH]c(-c2cccnc2)n1. The molecule has 0 aliphatic carbocycles. The Kier molecular flexibility index (Phi) is 6.71. The lowest BCUT2D eigenvalue weighted by Crippen LogP contribution is -2.31. The van der Waals surface area contributed by atoms with E-state index in [1.165, 1.54) is 6.07 Å². The Morgan fingerprint density at radius 3 is 2.73 bits per heavy atom. The van der Waals surface area contributed by atoms with E-state index in [-0.39, 0.29) is 16.9 Å². The molecule has 0 unspecified atom stereocenters. The maximum Gasteiger partial charge on any atom is 0.272 e. The zero-order valence-electron chi connectivity index (χ0n) is 17.5. The molecule has 3 N–H and O–H groups in total. The third-order valence-corrected chi connectivity index (χ3v) is 5.23. The molecule has 3 rings (SSSR count). The number of nitrogens with one attached hydrogen (secondary N) is 3. The molecular formula is C21H26N6O2S. The number of amides is 1. The molecule has 1 atom stereocenters. The van der Waals surface area contributed by atoms with Crippen molar-refractivity contribution in [3.63, 3.8) is 0 Å². The van der Waals surface area contributed by atoms with Gasteiger partial charge in [-0.05, 0) is 36.6 Å². The summed E-state index contributed by atoms with van der Waals surface area (Å²) < 4.78 is 0. The number of nitrogens with zero attached hydrogens (tertiary/aromatic N) is 3. The van der Waals surface area contributed by atoms with Gasteiger partial charge in [0.25, 0.3) is 11.5 Å². The second-order valence-corrected chi connectivity index (χ2v) is 8.97. The van der Waals surface area contributed by atoms with E-state index in [1.54, 1.807) is 36.3 Å². The average Bonchev–Trinajstić information content (AvgIpc) is 3.22. The van der Waals surface area contributed by atoms with Crippen molar-refractivity contribution in [1.82, 2.24) is 30.5 Å². The average molecular weight is 427 g/mol. The summed E-state index contributed by atoms with van der Waals surface area (Å²) in [7, 11) is 0. The van der Waals surface area contributed by atoms with E-state index in [2.05, 4.69) is 30.5 Å². The van der Waals surface area contributed by atoms with Gasteiger partial charge in [-0.3, -0.25) is 19.7 Å². The molecule has 0 spiro atoms. The first-order valence-electron chi connectivity index (χ1n) is 9.65. The predicted octanol–water partition coefficient (Wildman–Crippen LogP) is 3.08. The van der Waals surface area contributed by atoms with E-state index in [0.29, 0.717) is 29.2 Å². The molecule has 0 aliphatic heterocycles. The van der Waals surface area contributed by atoms with Crippen LogP contribution in [0.1, 0.15) is 55.1 Å². The Morgan fingerprint density at radius 2 is 2.10 bits per heavy atom. The summed E-state index contributed by atoms with van der Waals surface area (Å²) in [6, 6.07) is 6.36. The molecule has 30 heavy (non-hydrogen) atoms. The number of carbonyl (C=O) groups excluding carboxylic acids is 1. The topological polar surface area (TPSA) is 116 Å². The largest absolute Gasteiger partial charge is 0.342 e. The molecule has 158 valence electrons. The standard InChI is InChI=1S/C21H26N6O2S/c1-21(2,3)17-10-16(26-27-17)20(29)24-14(7-9-30-4)15-11-18(28)25-19(23-15)13-6-5-8-22-12-13/h5-6,8,10-12,14H,7,9H2,1-4H3,(H,24,29)(H,26,27)(H,23,25,28)/t14-/m0/s1. The zero-order chi connectivity index (χ0) is 21.7. The Balaban J connectivity index is 1.89. The van der Waals surface area contributed by atoms with E-state index in [4.69, 9.17) is 0 Å². The zero-order valence-corrected chi connectivity index (χ0v) is 18.3. The van der Waals surface area contributed by atoms with Gasteiger partial charge in [0, 0.05) is 35.1 Å².